The molecule has 2 aromatic carbocycles. The molecular weight excluding hydrogens is 288 g/mol. The summed E-state index contributed by atoms with van der Waals surface area (Å²) in [7, 11) is 0. The zero-order valence-corrected chi connectivity index (χ0v) is 11.7. The maximum atomic E-state index is 13.1. The molecule has 2 nitrogen and oxygen atoms in total. The summed E-state index contributed by atoms with van der Waals surface area (Å²) in [6.07, 6.45) is 0. The van der Waals surface area contributed by atoms with E-state index in [1.54, 1.807) is 0 Å². The van der Waals surface area contributed by atoms with Crippen LogP contribution >= 0.6 is 23.2 Å². The summed E-state index contributed by atoms with van der Waals surface area (Å²) in [5, 5.41) is 3.51. The van der Waals surface area contributed by atoms with Crippen molar-refractivity contribution in [3.8, 4) is 5.75 Å². The third-order valence-corrected chi connectivity index (χ3v) is 3.02. The number of nitrogens with one attached hydrogen (secondary N) is 1. The molecule has 0 aliphatic rings. The van der Waals surface area contributed by atoms with E-state index in [4.69, 9.17) is 27.9 Å². The summed E-state index contributed by atoms with van der Waals surface area (Å²) >= 11 is 11.9. The van der Waals surface area contributed by atoms with E-state index in [1.165, 1.54) is 12.1 Å². The van der Waals surface area contributed by atoms with Gasteiger partial charge in [-0.3, -0.25) is 0 Å². The molecule has 0 aliphatic heterocycles. The summed E-state index contributed by atoms with van der Waals surface area (Å²) in [5.41, 5.74) is 1.24. The minimum absolute atomic E-state index is 0.229. The van der Waals surface area contributed by atoms with E-state index in [-0.39, 0.29) is 10.0 Å². The quantitative estimate of drug-likeness (QED) is 0.830. The van der Waals surface area contributed by atoms with Crippen molar-refractivity contribution in [2.24, 2.45) is 0 Å². The average Bonchev–Trinajstić information content (AvgIpc) is 2.35. The van der Waals surface area contributed by atoms with Gasteiger partial charge in [0.1, 0.15) is 11.6 Å². The summed E-state index contributed by atoms with van der Waals surface area (Å²) in [6, 6.07) is 9.78. The number of hydrogen-bond donors (Lipinski definition) is 1. The Hall–Kier alpha value is -1.45. The number of rotatable bonds is 4. The Balaban J connectivity index is 2.28. The minimum Gasteiger partial charge on any atom is -0.494 e. The first kappa shape index (κ1) is 14.0. The molecule has 0 fully saturated rings. The normalized spacial score (nSPS) is 10.3. The molecule has 0 atom stereocenters. The van der Waals surface area contributed by atoms with Crippen LogP contribution in [-0.2, 0) is 0 Å². The van der Waals surface area contributed by atoms with Gasteiger partial charge < -0.3 is 10.1 Å². The molecule has 0 unspecified atom stereocenters. The van der Waals surface area contributed by atoms with Crippen LogP contribution in [0.3, 0.4) is 0 Å². The molecule has 0 saturated heterocycles. The fourth-order valence-corrected chi connectivity index (χ4v) is 2.19. The van der Waals surface area contributed by atoms with Crippen LogP contribution in [0.5, 0.6) is 5.75 Å². The second-order valence-corrected chi connectivity index (χ2v) is 4.64. The van der Waals surface area contributed by atoms with Gasteiger partial charge >= 0.3 is 0 Å². The lowest BCUT2D eigenvalue weighted by Gasteiger charge is -2.12. The molecule has 0 spiro atoms. The van der Waals surface area contributed by atoms with Gasteiger partial charge in [-0.25, -0.2) is 4.39 Å². The second-order valence-electron chi connectivity index (χ2n) is 3.83. The van der Waals surface area contributed by atoms with Crippen LogP contribution in [0.25, 0.3) is 0 Å². The fourth-order valence-electron chi connectivity index (χ4n) is 1.64. The molecule has 100 valence electrons. The van der Waals surface area contributed by atoms with Gasteiger partial charge in [0.25, 0.3) is 0 Å². The number of benzene rings is 2. The number of anilines is 2. The van der Waals surface area contributed by atoms with E-state index < -0.39 is 5.82 Å². The lowest BCUT2D eigenvalue weighted by atomic mass is 10.2. The molecule has 2 rings (SSSR count). The molecule has 0 radical (unpaired) electrons. The minimum atomic E-state index is -0.469. The molecule has 0 heterocycles. The van der Waals surface area contributed by atoms with Crippen LogP contribution in [0.15, 0.2) is 36.4 Å². The predicted molar refractivity (Wildman–Crippen MR) is 77.3 cm³/mol. The van der Waals surface area contributed by atoms with E-state index in [1.807, 2.05) is 31.2 Å². The maximum absolute atomic E-state index is 13.1. The highest BCUT2D eigenvalue weighted by Gasteiger charge is 2.09. The van der Waals surface area contributed by atoms with Crippen LogP contribution < -0.4 is 10.1 Å². The highest BCUT2D eigenvalue weighted by molar-refractivity contribution is 6.39. The zero-order valence-electron chi connectivity index (χ0n) is 10.2. The van der Waals surface area contributed by atoms with Gasteiger partial charge in [0.15, 0.2) is 0 Å². The van der Waals surface area contributed by atoms with Gasteiger partial charge in [0, 0.05) is 11.8 Å². The first-order valence-electron chi connectivity index (χ1n) is 5.74. The van der Waals surface area contributed by atoms with Gasteiger partial charge in [-0.15, -0.1) is 0 Å². The van der Waals surface area contributed by atoms with Crippen molar-refractivity contribution in [1.82, 2.24) is 0 Å². The monoisotopic (exact) mass is 299 g/mol. The van der Waals surface area contributed by atoms with E-state index in [2.05, 4.69) is 5.32 Å². The molecule has 0 aliphatic carbocycles. The van der Waals surface area contributed by atoms with Crippen molar-refractivity contribution in [3.05, 3.63) is 52.3 Å². The van der Waals surface area contributed by atoms with Crippen molar-refractivity contribution in [3.63, 3.8) is 0 Å². The Kier molecular flexibility index (Phi) is 4.51. The first-order valence-corrected chi connectivity index (χ1v) is 6.50. The molecule has 0 amide bonds. The van der Waals surface area contributed by atoms with Gasteiger partial charge in [0.05, 0.1) is 22.3 Å². The topological polar surface area (TPSA) is 21.3 Å². The van der Waals surface area contributed by atoms with E-state index in [0.29, 0.717) is 12.3 Å². The first-order chi connectivity index (χ1) is 9.10. The predicted octanol–water partition coefficient (Wildman–Crippen LogP) is 5.27. The third-order valence-electron chi connectivity index (χ3n) is 2.42. The van der Waals surface area contributed by atoms with Crippen molar-refractivity contribution >= 4 is 34.6 Å². The molecule has 0 saturated carbocycles. The zero-order chi connectivity index (χ0) is 13.8. The summed E-state index contributed by atoms with van der Waals surface area (Å²) < 4.78 is 18.5. The molecule has 19 heavy (non-hydrogen) atoms. The van der Waals surface area contributed by atoms with E-state index in [9.17, 15) is 4.39 Å². The van der Waals surface area contributed by atoms with Crippen LogP contribution in [0.1, 0.15) is 6.92 Å². The number of halogens is 3. The van der Waals surface area contributed by atoms with Crippen LogP contribution in [0.2, 0.25) is 10.0 Å². The summed E-state index contributed by atoms with van der Waals surface area (Å²) in [6.45, 7) is 2.50. The highest BCUT2D eigenvalue weighted by Crippen LogP contribution is 2.34. The van der Waals surface area contributed by atoms with Crippen molar-refractivity contribution in [2.45, 2.75) is 6.92 Å². The van der Waals surface area contributed by atoms with Crippen LogP contribution in [0.4, 0.5) is 15.8 Å². The Labute approximate surface area is 121 Å². The largest absolute Gasteiger partial charge is 0.494 e. The second kappa shape index (κ2) is 6.13. The smallest absolute Gasteiger partial charge is 0.126 e. The van der Waals surface area contributed by atoms with Gasteiger partial charge in [0.2, 0.25) is 0 Å². The third kappa shape index (κ3) is 3.52. The van der Waals surface area contributed by atoms with Crippen LogP contribution in [0, 0.1) is 5.82 Å². The lowest BCUT2D eigenvalue weighted by molar-refractivity contribution is 0.340. The van der Waals surface area contributed by atoms with E-state index >= 15 is 0 Å². The molecule has 2 aromatic rings. The SMILES string of the molecule is CCOc1cccc(Nc2c(Cl)cc(F)cc2Cl)c1. The Morgan fingerprint density at radius 1 is 1.16 bits per heavy atom. The number of hydrogen-bond acceptors (Lipinski definition) is 2. The Morgan fingerprint density at radius 3 is 2.47 bits per heavy atom. The molecule has 0 bridgehead atoms. The number of ether oxygens (including phenoxy) is 1. The van der Waals surface area contributed by atoms with Crippen LogP contribution in [-0.4, -0.2) is 6.61 Å². The molecule has 1 N–H and O–H groups in total. The lowest BCUT2D eigenvalue weighted by Crippen LogP contribution is -1.95. The van der Waals surface area contributed by atoms with Crippen molar-refractivity contribution in [2.75, 3.05) is 11.9 Å². The molecule has 0 aromatic heterocycles. The Bertz CT molecular complexity index is 566. The average molecular weight is 300 g/mol. The summed E-state index contributed by atoms with van der Waals surface area (Å²) in [5.74, 6) is 0.269. The fraction of sp³-hybridized carbons (Fsp3) is 0.143. The van der Waals surface area contributed by atoms with E-state index in [0.717, 1.165) is 11.4 Å². The van der Waals surface area contributed by atoms with Gasteiger partial charge in [-0.2, -0.15) is 0 Å². The molecule has 5 heteroatoms. The summed E-state index contributed by atoms with van der Waals surface area (Å²) in [4.78, 5) is 0. The van der Waals surface area contributed by atoms with Crippen molar-refractivity contribution < 1.29 is 9.13 Å². The maximum Gasteiger partial charge on any atom is 0.126 e. The standard InChI is InChI=1S/C14H12Cl2FNO/c1-2-19-11-5-3-4-10(8-11)18-14-12(15)6-9(17)7-13(14)16/h3-8,18H,2H2,1H3. The van der Waals surface area contributed by atoms with Crippen molar-refractivity contribution in [1.29, 1.82) is 0 Å². The highest BCUT2D eigenvalue weighted by atomic mass is 35.5. The van der Waals surface area contributed by atoms with Gasteiger partial charge in [-0.05, 0) is 31.2 Å². The Morgan fingerprint density at radius 2 is 1.84 bits per heavy atom. The molecular formula is C14H12Cl2FNO. The van der Waals surface area contributed by atoms with Gasteiger partial charge in [-0.1, -0.05) is 29.3 Å².